The van der Waals surface area contributed by atoms with E-state index in [2.05, 4.69) is 23.5 Å². The maximum Gasteiger partial charge on any atom is 0.237 e. The maximum atomic E-state index is 13.3. The minimum atomic E-state index is -3.03. The first kappa shape index (κ1) is 20.6. The molecular weight excluding hydrogens is 404 g/mol. The molecule has 5 nitrogen and oxygen atoms in total. The number of sulfone groups is 1. The fourth-order valence-corrected chi connectivity index (χ4v) is 7.19. The zero-order valence-electron chi connectivity index (χ0n) is 16.5. The second-order valence-electron chi connectivity index (χ2n) is 8.04. The highest BCUT2D eigenvalue weighted by atomic mass is 32.2. The van der Waals surface area contributed by atoms with Crippen molar-refractivity contribution in [2.75, 3.05) is 18.1 Å². The Morgan fingerprint density at radius 2 is 1.83 bits per heavy atom. The van der Waals surface area contributed by atoms with E-state index in [1.54, 1.807) is 11.3 Å². The van der Waals surface area contributed by atoms with Crippen molar-refractivity contribution in [1.29, 1.82) is 0 Å². The van der Waals surface area contributed by atoms with Crippen molar-refractivity contribution in [3.8, 4) is 0 Å². The Hall–Kier alpha value is -1.70. The molecule has 1 N–H and O–H groups in total. The minimum absolute atomic E-state index is 0.0245. The van der Waals surface area contributed by atoms with Gasteiger partial charge in [0.15, 0.2) is 9.84 Å². The summed E-state index contributed by atoms with van der Waals surface area (Å²) >= 11 is 1.67. The Labute approximate surface area is 177 Å². The molecule has 1 aromatic heterocycles. The summed E-state index contributed by atoms with van der Waals surface area (Å²) in [6, 6.07) is 14.2. The van der Waals surface area contributed by atoms with Crippen molar-refractivity contribution >= 4 is 27.1 Å². The summed E-state index contributed by atoms with van der Waals surface area (Å²) in [5, 5.41) is 5.50. The van der Waals surface area contributed by atoms with E-state index in [0.29, 0.717) is 6.42 Å². The first-order valence-corrected chi connectivity index (χ1v) is 13.1. The number of nitrogens with zero attached hydrogens (tertiary/aromatic N) is 1. The SMILES string of the molecule is O=C(CN[C@@H](c1ccccc1)c1cccs1)N(C1CCCC1)[C@H]1CCS(=O)(=O)C1. The molecule has 1 amide bonds. The molecule has 1 aliphatic heterocycles. The third kappa shape index (κ3) is 4.90. The predicted molar refractivity (Wildman–Crippen MR) is 117 cm³/mol. The summed E-state index contributed by atoms with van der Waals surface area (Å²) in [6.45, 7) is 0.213. The summed E-state index contributed by atoms with van der Waals surface area (Å²) in [6.07, 6.45) is 4.76. The Morgan fingerprint density at radius 1 is 1.07 bits per heavy atom. The molecule has 1 saturated carbocycles. The van der Waals surface area contributed by atoms with E-state index in [9.17, 15) is 13.2 Å². The van der Waals surface area contributed by atoms with E-state index < -0.39 is 9.84 Å². The fraction of sp³-hybridized carbons (Fsp3) is 0.500. The van der Waals surface area contributed by atoms with Gasteiger partial charge in [0, 0.05) is 17.0 Å². The highest BCUT2D eigenvalue weighted by Crippen LogP contribution is 2.30. The third-order valence-corrected chi connectivity index (χ3v) is 8.71. The number of rotatable bonds is 7. The van der Waals surface area contributed by atoms with E-state index >= 15 is 0 Å². The monoisotopic (exact) mass is 432 g/mol. The lowest BCUT2D eigenvalue weighted by atomic mass is 10.1. The molecule has 0 radical (unpaired) electrons. The van der Waals surface area contributed by atoms with Crippen LogP contribution >= 0.6 is 11.3 Å². The van der Waals surface area contributed by atoms with Crippen LogP contribution in [0.25, 0.3) is 0 Å². The van der Waals surface area contributed by atoms with Gasteiger partial charge in [-0.25, -0.2) is 8.42 Å². The lowest BCUT2D eigenvalue weighted by Crippen LogP contribution is -2.50. The summed E-state index contributed by atoms with van der Waals surface area (Å²) in [7, 11) is -3.03. The van der Waals surface area contributed by atoms with Crippen LogP contribution in [0.5, 0.6) is 0 Å². The van der Waals surface area contributed by atoms with Crippen molar-refractivity contribution in [1.82, 2.24) is 10.2 Å². The van der Waals surface area contributed by atoms with Gasteiger partial charge in [0.05, 0.1) is 24.1 Å². The number of thiophene rings is 1. The summed E-state index contributed by atoms with van der Waals surface area (Å²) in [5.74, 6) is 0.336. The van der Waals surface area contributed by atoms with Crippen LogP contribution in [0.1, 0.15) is 48.6 Å². The quantitative estimate of drug-likeness (QED) is 0.728. The largest absolute Gasteiger partial charge is 0.335 e. The van der Waals surface area contributed by atoms with Crippen LogP contribution in [0.3, 0.4) is 0 Å². The van der Waals surface area contributed by atoms with Gasteiger partial charge in [0.1, 0.15) is 0 Å². The molecule has 2 fully saturated rings. The van der Waals surface area contributed by atoms with E-state index in [4.69, 9.17) is 0 Å². The first-order valence-electron chi connectivity index (χ1n) is 10.4. The molecule has 4 rings (SSSR count). The first-order chi connectivity index (χ1) is 14.0. The van der Waals surface area contributed by atoms with Crippen molar-refractivity contribution in [3.05, 3.63) is 58.3 Å². The number of benzene rings is 1. The Balaban J connectivity index is 1.50. The molecule has 0 spiro atoms. The highest BCUT2D eigenvalue weighted by Gasteiger charge is 2.39. The lowest BCUT2D eigenvalue weighted by Gasteiger charge is -2.34. The van der Waals surface area contributed by atoms with Crippen LogP contribution in [0.4, 0.5) is 0 Å². The molecule has 156 valence electrons. The number of carbonyl (C=O) groups is 1. The van der Waals surface area contributed by atoms with Gasteiger partial charge < -0.3 is 4.90 Å². The zero-order valence-corrected chi connectivity index (χ0v) is 18.1. The Kier molecular flexibility index (Phi) is 6.37. The van der Waals surface area contributed by atoms with Crippen LogP contribution in [-0.2, 0) is 14.6 Å². The van der Waals surface area contributed by atoms with Crippen LogP contribution in [0.15, 0.2) is 47.8 Å². The molecule has 2 aliphatic rings. The molecular formula is C22H28N2O3S2. The van der Waals surface area contributed by atoms with Crippen molar-refractivity contribution in [2.24, 2.45) is 0 Å². The van der Waals surface area contributed by atoms with Crippen LogP contribution in [-0.4, -0.2) is 49.4 Å². The molecule has 7 heteroatoms. The van der Waals surface area contributed by atoms with Gasteiger partial charge in [-0.1, -0.05) is 49.2 Å². The lowest BCUT2D eigenvalue weighted by molar-refractivity contribution is -0.134. The van der Waals surface area contributed by atoms with E-state index in [1.165, 1.54) is 4.88 Å². The van der Waals surface area contributed by atoms with Gasteiger partial charge in [-0.2, -0.15) is 0 Å². The molecule has 1 saturated heterocycles. The van der Waals surface area contributed by atoms with E-state index in [1.807, 2.05) is 34.5 Å². The normalized spacial score (nSPS) is 22.6. The molecule has 2 heterocycles. The topological polar surface area (TPSA) is 66.5 Å². The number of nitrogens with one attached hydrogen (secondary N) is 1. The van der Waals surface area contributed by atoms with Gasteiger partial charge in [0.2, 0.25) is 5.91 Å². The molecule has 2 aromatic rings. The van der Waals surface area contributed by atoms with Crippen molar-refractivity contribution in [3.63, 3.8) is 0 Å². The summed E-state index contributed by atoms with van der Waals surface area (Å²) in [4.78, 5) is 16.4. The second kappa shape index (κ2) is 8.98. The Bertz CT molecular complexity index is 907. The molecule has 1 aliphatic carbocycles. The summed E-state index contributed by atoms with van der Waals surface area (Å²) < 4.78 is 24.1. The second-order valence-corrected chi connectivity index (χ2v) is 11.2. The number of hydrogen-bond donors (Lipinski definition) is 1. The molecule has 1 aromatic carbocycles. The molecule has 0 unspecified atom stereocenters. The summed E-state index contributed by atoms with van der Waals surface area (Å²) in [5.41, 5.74) is 1.12. The average molecular weight is 433 g/mol. The van der Waals surface area contributed by atoms with Crippen molar-refractivity contribution < 1.29 is 13.2 Å². The smallest absolute Gasteiger partial charge is 0.237 e. The highest BCUT2D eigenvalue weighted by molar-refractivity contribution is 7.91. The zero-order chi connectivity index (χ0) is 20.3. The maximum absolute atomic E-state index is 13.3. The predicted octanol–water partition coefficient (Wildman–Crippen LogP) is 3.39. The standard InChI is InChI=1S/C22H28N2O3S2/c25-21(24(18-9-4-5-10-18)19-12-14-29(26,27)16-19)15-23-22(20-11-6-13-28-20)17-7-2-1-3-8-17/h1-3,6-8,11,13,18-19,22-23H,4-5,9-10,12,14-16H2/t19-,22-/m0/s1. The van der Waals surface area contributed by atoms with Gasteiger partial charge >= 0.3 is 0 Å². The van der Waals surface area contributed by atoms with Gasteiger partial charge in [-0.3, -0.25) is 10.1 Å². The Morgan fingerprint density at radius 3 is 2.45 bits per heavy atom. The van der Waals surface area contributed by atoms with Gasteiger partial charge in [-0.15, -0.1) is 11.3 Å². The number of carbonyl (C=O) groups excluding carboxylic acids is 1. The molecule has 29 heavy (non-hydrogen) atoms. The van der Waals surface area contributed by atoms with Gasteiger partial charge in [0.25, 0.3) is 0 Å². The van der Waals surface area contributed by atoms with Crippen LogP contribution in [0.2, 0.25) is 0 Å². The molecule has 2 atom stereocenters. The minimum Gasteiger partial charge on any atom is -0.335 e. The van der Waals surface area contributed by atoms with E-state index in [-0.39, 0.29) is 42.1 Å². The number of hydrogen-bond acceptors (Lipinski definition) is 5. The van der Waals surface area contributed by atoms with Crippen molar-refractivity contribution in [2.45, 2.75) is 50.2 Å². The van der Waals surface area contributed by atoms with Crippen LogP contribution in [0, 0.1) is 0 Å². The third-order valence-electron chi connectivity index (χ3n) is 6.03. The average Bonchev–Trinajstić information content (AvgIpc) is 3.46. The van der Waals surface area contributed by atoms with E-state index in [0.717, 1.165) is 31.2 Å². The molecule has 0 bridgehead atoms. The van der Waals surface area contributed by atoms with Crippen LogP contribution < -0.4 is 5.32 Å². The van der Waals surface area contributed by atoms with Gasteiger partial charge in [-0.05, 0) is 36.3 Å². The fourth-order valence-electron chi connectivity index (χ4n) is 4.65. The number of amides is 1.